The summed E-state index contributed by atoms with van der Waals surface area (Å²) in [7, 11) is 0.431. The second-order valence-corrected chi connectivity index (χ2v) is 32.2. The van der Waals surface area contributed by atoms with Gasteiger partial charge in [0.05, 0.1) is 27.9 Å². The molecule has 0 radical (unpaired) electrons. The Bertz CT molecular complexity index is 2220. The van der Waals surface area contributed by atoms with Gasteiger partial charge in [-0.2, -0.15) is 0 Å². The van der Waals surface area contributed by atoms with Gasteiger partial charge < -0.3 is 9.47 Å². The molecule has 17 aliphatic rings. The summed E-state index contributed by atoms with van der Waals surface area (Å²) in [4.78, 5) is 3.11. The van der Waals surface area contributed by atoms with E-state index < -0.39 is 8.07 Å². The molecule has 16 aliphatic carbocycles. The van der Waals surface area contributed by atoms with Crippen molar-refractivity contribution in [3.05, 3.63) is 52.1 Å². The molecule has 1 spiro atoms. The largest absolute Gasteiger partial charge is 0.382 e. The second kappa shape index (κ2) is 10.2. The lowest BCUT2D eigenvalue weighted by Crippen LogP contribution is -2.59. The van der Waals surface area contributed by atoms with Crippen molar-refractivity contribution in [2.45, 2.75) is 77.0 Å². The van der Waals surface area contributed by atoms with Gasteiger partial charge in [0.1, 0.15) is 0 Å². The zero-order valence-electron chi connectivity index (χ0n) is 36.4. The Balaban J connectivity index is 0.893. The van der Waals surface area contributed by atoms with Crippen LogP contribution in [0.2, 0.25) is 19.6 Å². The Labute approximate surface area is 354 Å². The Hall–Kier alpha value is -1.20. The quantitative estimate of drug-likeness (QED) is 0.149. The van der Waals surface area contributed by atoms with Crippen LogP contribution in [0.1, 0.15) is 63.0 Å². The Morgan fingerprint density at radius 1 is 0.627 bits per heavy atom. The third-order valence-corrected chi connectivity index (χ3v) is 28.1. The maximum absolute atomic E-state index is 6.44. The van der Waals surface area contributed by atoms with Crippen LogP contribution in [0.4, 0.5) is 0 Å². The van der Waals surface area contributed by atoms with Gasteiger partial charge in [0.15, 0.2) is 0 Å². The van der Waals surface area contributed by atoms with Crippen LogP contribution in [-0.4, -0.2) is 53.0 Å². The van der Waals surface area contributed by atoms with Gasteiger partial charge in [0.25, 0.3) is 0 Å². The molecular weight excluding hydrogens is 735 g/mol. The molecule has 28 unspecified atom stereocenters. The van der Waals surface area contributed by atoms with Crippen LogP contribution >= 0.6 is 0 Å². The molecule has 14 fully saturated rings. The monoisotopic (exact) mass is 804 g/mol. The molecule has 28 atom stereocenters. The minimum absolute atomic E-state index is 0.412. The Morgan fingerprint density at radius 2 is 1.24 bits per heavy atom. The highest BCUT2D eigenvalue weighted by Gasteiger charge is 2.88. The Kier molecular flexibility index (Phi) is 5.75. The van der Waals surface area contributed by atoms with Crippen molar-refractivity contribution in [2.24, 2.45) is 159 Å². The van der Waals surface area contributed by atoms with Gasteiger partial charge in [0.2, 0.25) is 0 Å². The molecule has 0 N–H and O–H groups in total. The molecular formula is C55H69NO2Si. The van der Waals surface area contributed by atoms with Crippen molar-refractivity contribution in [1.82, 2.24) is 4.90 Å². The topological polar surface area (TPSA) is 21.7 Å². The van der Waals surface area contributed by atoms with E-state index in [9.17, 15) is 0 Å². The molecule has 1 aromatic rings. The molecule has 3 nitrogen and oxygen atoms in total. The van der Waals surface area contributed by atoms with Crippen molar-refractivity contribution in [3.8, 4) is 0 Å². The number of benzene rings is 1. The van der Waals surface area contributed by atoms with Crippen LogP contribution in [0.5, 0.6) is 0 Å². The maximum atomic E-state index is 6.44. The molecule has 4 heteroatoms. The van der Waals surface area contributed by atoms with Crippen molar-refractivity contribution < 1.29 is 9.47 Å². The highest BCUT2D eigenvalue weighted by molar-refractivity contribution is 6.88. The van der Waals surface area contributed by atoms with E-state index >= 15 is 0 Å². The number of likely N-dealkylation sites (tertiary alicyclic amines) is 1. The number of nitrogens with zero attached hydrogens (tertiary/aromatic N) is 1. The van der Waals surface area contributed by atoms with E-state index in [-0.39, 0.29) is 0 Å². The fourth-order valence-electron chi connectivity index (χ4n) is 26.8. The van der Waals surface area contributed by atoms with Crippen molar-refractivity contribution in [3.63, 3.8) is 0 Å². The van der Waals surface area contributed by atoms with Gasteiger partial charge in [-0.3, -0.25) is 4.90 Å². The number of ether oxygens (including phenoxy) is 2. The molecule has 18 rings (SSSR count). The number of hydrogen-bond acceptors (Lipinski definition) is 3. The summed E-state index contributed by atoms with van der Waals surface area (Å²) in [6.45, 7) is 12.4. The van der Waals surface area contributed by atoms with Gasteiger partial charge in [-0.25, -0.2) is 0 Å². The maximum Gasteiger partial charge on any atom is 0.0775 e. The molecule has 13 saturated carbocycles. The highest BCUT2D eigenvalue weighted by atomic mass is 28.3. The minimum Gasteiger partial charge on any atom is -0.382 e. The summed E-state index contributed by atoms with van der Waals surface area (Å²) in [5.74, 6) is 28.0. The SMILES string of the molecule is COCCOCCN1CC2C3=C4C5C6=C(C3)CC3CC7CC8CC9CC%10CC%11CC2(C2C4C4C5C5C(C63)C7C3C8C9C6C%10C(C4C6C35)C%112)C1c1ccc([Si](C)(C)C)cc1. The van der Waals surface area contributed by atoms with Crippen LogP contribution < -0.4 is 5.19 Å². The first-order chi connectivity index (χ1) is 28.9. The molecule has 1 aromatic carbocycles. The molecule has 1 heterocycles. The van der Waals surface area contributed by atoms with Gasteiger partial charge in [0, 0.05) is 43.5 Å². The standard InChI is InChI=1S/C55H69NO2Si/c1-57-11-12-58-10-9-56-21-32-31-19-28-17-25-15-26-14-23-13-24-16-27-18-29-20-55(32,54(56)22-5-7-30(8-6-22)59(2,3)4)53-39(29)44-38(27)43-34(24)33(23)41-37(26)42-35(25)36(28)45-40(31)52(53)51-49(44)47(43)46(41)48(42)50(45)51/h5-8,23-27,29,32-35,37-39,41-54H,9-21H2,1-4H3. The van der Waals surface area contributed by atoms with Crippen molar-refractivity contribution in [2.75, 3.05) is 40.0 Å². The molecule has 0 amide bonds. The van der Waals surface area contributed by atoms with Gasteiger partial charge in [-0.1, -0.05) is 71.4 Å². The van der Waals surface area contributed by atoms with E-state index in [0.29, 0.717) is 18.1 Å². The molecule has 59 heavy (non-hydrogen) atoms. The number of methoxy groups -OCH3 is 1. The minimum atomic E-state index is -1.40. The zero-order chi connectivity index (χ0) is 38.1. The molecule has 1 aliphatic heterocycles. The summed E-state index contributed by atoms with van der Waals surface area (Å²) in [5, 5.41) is 1.65. The number of fused-ring (bicyclic) bond motifs is 1. The van der Waals surface area contributed by atoms with E-state index in [0.717, 1.165) is 156 Å². The van der Waals surface area contributed by atoms with E-state index in [1.807, 2.05) is 7.11 Å². The Morgan fingerprint density at radius 3 is 1.97 bits per heavy atom. The summed E-state index contributed by atoms with van der Waals surface area (Å²) in [6.07, 6.45) is 12.9. The molecule has 0 aromatic heterocycles. The summed E-state index contributed by atoms with van der Waals surface area (Å²) in [6, 6.07) is 11.3. The first-order valence-electron chi connectivity index (χ1n) is 26.2. The van der Waals surface area contributed by atoms with Crippen LogP contribution in [-0.2, 0) is 9.47 Å². The third kappa shape index (κ3) is 3.26. The lowest BCUT2D eigenvalue weighted by atomic mass is 9.41. The van der Waals surface area contributed by atoms with E-state index in [2.05, 4.69) is 71.1 Å². The summed E-state index contributed by atoms with van der Waals surface area (Å²) >= 11 is 0. The molecule has 310 valence electrons. The van der Waals surface area contributed by atoms with Crippen molar-refractivity contribution in [1.29, 1.82) is 0 Å². The summed E-state index contributed by atoms with van der Waals surface area (Å²) < 4.78 is 11.9. The third-order valence-electron chi connectivity index (χ3n) is 26.0. The average Bonchev–Trinajstić information content (AvgIpc) is 4.08. The first-order valence-corrected chi connectivity index (χ1v) is 29.7. The summed E-state index contributed by atoms with van der Waals surface area (Å²) in [5.41, 5.74) is 10.8. The van der Waals surface area contributed by atoms with Crippen molar-refractivity contribution >= 4 is 13.3 Å². The predicted octanol–water partition coefficient (Wildman–Crippen LogP) is 9.19. The van der Waals surface area contributed by atoms with Gasteiger partial charge >= 0.3 is 0 Å². The van der Waals surface area contributed by atoms with Crippen LogP contribution in [0, 0.1) is 159 Å². The van der Waals surface area contributed by atoms with E-state index in [1.54, 1.807) is 49.3 Å². The average molecular weight is 804 g/mol. The lowest BCUT2D eigenvalue weighted by molar-refractivity contribution is -0.149. The van der Waals surface area contributed by atoms with E-state index in [4.69, 9.17) is 9.47 Å². The second-order valence-electron chi connectivity index (χ2n) is 27.1. The van der Waals surface area contributed by atoms with E-state index in [1.165, 1.54) is 37.1 Å². The predicted molar refractivity (Wildman–Crippen MR) is 231 cm³/mol. The van der Waals surface area contributed by atoms with Crippen LogP contribution in [0.25, 0.3) is 0 Å². The smallest absolute Gasteiger partial charge is 0.0775 e. The normalized spacial score (nSPS) is 63.1. The molecule has 1 saturated heterocycles. The van der Waals surface area contributed by atoms with Crippen LogP contribution in [0.15, 0.2) is 46.6 Å². The fraction of sp³-hybridized carbons (Fsp3) is 0.818. The number of allylic oxidation sites excluding steroid dienone is 3. The fourth-order valence-corrected chi connectivity index (χ4v) is 28.0. The highest BCUT2D eigenvalue weighted by Crippen LogP contribution is 2.93. The van der Waals surface area contributed by atoms with Gasteiger partial charge in [-0.15, -0.1) is 0 Å². The zero-order valence-corrected chi connectivity index (χ0v) is 37.4. The number of rotatable bonds is 8. The van der Waals surface area contributed by atoms with Gasteiger partial charge in [-0.05, 0) is 199 Å². The lowest BCUT2D eigenvalue weighted by Gasteiger charge is -2.62. The number of hydrogen-bond donors (Lipinski definition) is 0. The molecule has 0 bridgehead atoms. The first kappa shape index (κ1) is 33.3. The van der Waals surface area contributed by atoms with Crippen LogP contribution in [0.3, 0.4) is 0 Å².